The van der Waals surface area contributed by atoms with Crippen molar-refractivity contribution in [2.75, 3.05) is 23.4 Å². The summed E-state index contributed by atoms with van der Waals surface area (Å²) in [5, 5.41) is 3.03. The van der Waals surface area contributed by atoms with Crippen molar-refractivity contribution in [3.8, 4) is 0 Å². The molecular formula is C22H26FN3O4S. The molecule has 3 rings (SSSR count). The van der Waals surface area contributed by atoms with E-state index in [9.17, 15) is 18.8 Å². The highest BCUT2D eigenvalue weighted by Gasteiger charge is 2.35. The van der Waals surface area contributed by atoms with E-state index in [4.69, 9.17) is 4.74 Å². The van der Waals surface area contributed by atoms with Gasteiger partial charge in [-0.3, -0.25) is 14.5 Å². The molecule has 1 unspecified atom stereocenters. The Balaban J connectivity index is 1.96. The molecule has 2 aromatic rings. The lowest BCUT2D eigenvalue weighted by Crippen LogP contribution is -2.39. The molecule has 1 aromatic carbocycles. The van der Waals surface area contributed by atoms with Crippen LogP contribution in [0.4, 0.5) is 15.2 Å². The lowest BCUT2D eigenvalue weighted by atomic mass is 9.89. The molecule has 9 heteroatoms. The fraction of sp³-hybridized carbons (Fsp3) is 0.455. The maximum atomic E-state index is 13.7. The van der Waals surface area contributed by atoms with Crippen molar-refractivity contribution in [1.29, 1.82) is 0 Å². The number of aromatic nitrogens is 1. The average molecular weight is 448 g/mol. The molecule has 0 aliphatic carbocycles. The van der Waals surface area contributed by atoms with Gasteiger partial charge in [-0.05, 0) is 38.0 Å². The minimum atomic E-state index is -0.749. The minimum Gasteiger partial charge on any atom is -0.462 e. The van der Waals surface area contributed by atoms with Crippen molar-refractivity contribution in [1.82, 2.24) is 4.98 Å². The Morgan fingerprint density at radius 3 is 2.81 bits per heavy atom. The van der Waals surface area contributed by atoms with E-state index >= 15 is 0 Å². The first-order valence-electron chi connectivity index (χ1n) is 10.4. The number of aryl methyl sites for hydroxylation is 1. The lowest BCUT2D eigenvalue weighted by molar-refractivity contribution is -0.124. The molecule has 0 saturated heterocycles. The van der Waals surface area contributed by atoms with E-state index in [0.717, 1.165) is 30.6 Å². The van der Waals surface area contributed by atoms with Crippen LogP contribution in [0, 0.1) is 12.7 Å². The van der Waals surface area contributed by atoms with Gasteiger partial charge in [0.2, 0.25) is 11.8 Å². The monoisotopic (exact) mass is 447 g/mol. The molecule has 1 atom stereocenters. The number of carbonyl (C=O) groups is 3. The maximum absolute atomic E-state index is 13.7. The van der Waals surface area contributed by atoms with Gasteiger partial charge in [0.15, 0.2) is 5.13 Å². The summed E-state index contributed by atoms with van der Waals surface area (Å²) in [7, 11) is 0. The number of nitrogens with one attached hydrogen (secondary N) is 1. The van der Waals surface area contributed by atoms with Crippen LogP contribution in [-0.2, 0) is 14.3 Å². The van der Waals surface area contributed by atoms with Crippen molar-refractivity contribution >= 4 is 39.9 Å². The molecule has 2 amide bonds. The molecule has 1 N–H and O–H groups in total. The van der Waals surface area contributed by atoms with Crippen LogP contribution in [0.15, 0.2) is 18.2 Å². The number of unbranched alkanes of at least 4 members (excludes halogenated alkanes) is 2. The molecule has 1 aliphatic rings. The number of hydrogen-bond acceptors (Lipinski definition) is 6. The third-order valence-electron chi connectivity index (χ3n) is 5.08. The molecule has 0 spiro atoms. The highest BCUT2D eigenvalue weighted by Crippen LogP contribution is 2.36. The van der Waals surface area contributed by atoms with Crippen LogP contribution in [0.25, 0.3) is 0 Å². The zero-order valence-electron chi connectivity index (χ0n) is 17.9. The van der Waals surface area contributed by atoms with Gasteiger partial charge in [0, 0.05) is 18.7 Å². The molecule has 0 fully saturated rings. The van der Waals surface area contributed by atoms with Crippen molar-refractivity contribution in [2.24, 2.45) is 0 Å². The molecule has 0 radical (unpaired) electrons. The van der Waals surface area contributed by atoms with E-state index in [1.807, 2.05) is 0 Å². The Morgan fingerprint density at radius 1 is 1.32 bits per heavy atom. The fourth-order valence-electron chi connectivity index (χ4n) is 3.55. The van der Waals surface area contributed by atoms with Gasteiger partial charge in [0.05, 0.1) is 18.2 Å². The summed E-state index contributed by atoms with van der Waals surface area (Å²) >= 11 is 1.11. The van der Waals surface area contributed by atoms with E-state index in [2.05, 4.69) is 17.2 Å². The number of carbonyl (C=O) groups excluding carboxylic acids is 3. The summed E-state index contributed by atoms with van der Waals surface area (Å²) in [5.41, 5.74) is 1.38. The fourth-order valence-corrected chi connectivity index (χ4v) is 4.54. The van der Waals surface area contributed by atoms with Crippen LogP contribution in [-0.4, -0.2) is 35.9 Å². The second-order valence-corrected chi connectivity index (χ2v) is 8.34. The lowest BCUT2D eigenvalue weighted by Gasteiger charge is -2.29. The van der Waals surface area contributed by atoms with E-state index in [-0.39, 0.29) is 24.8 Å². The molecule has 7 nitrogen and oxygen atoms in total. The number of fused-ring (bicyclic) bond motifs is 1. The third-order valence-corrected chi connectivity index (χ3v) is 6.24. The van der Waals surface area contributed by atoms with Crippen LogP contribution in [0.2, 0.25) is 0 Å². The summed E-state index contributed by atoms with van der Waals surface area (Å²) in [5.74, 6) is -2.33. The Hall–Kier alpha value is -2.81. The number of anilines is 2. The summed E-state index contributed by atoms with van der Waals surface area (Å²) < 4.78 is 18.8. The molecule has 31 heavy (non-hydrogen) atoms. The Morgan fingerprint density at radius 2 is 2.10 bits per heavy atom. The summed E-state index contributed by atoms with van der Waals surface area (Å²) in [6, 6.07) is 4.04. The van der Waals surface area contributed by atoms with Gasteiger partial charge in [0.1, 0.15) is 10.7 Å². The molecule has 166 valence electrons. The third kappa shape index (κ3) is 5.10. The number of rotatable bonds is 8. The van der Waals surface area contributed by atoms with Crippen LogP contribution in [0.5, 0.6) is 0 Å². The van der Waals surface area contributed by atoms with Crippen LogP contribution >= 0.6 is 11.3 Å². The number of halogens is 1. The number of esters is 1. The molecule has 1 aromatic heterocycles. The number of hydrogen-bond donors (Lipinski definition) is 1. The zero-order chi connectivity index (χ0) is 22.5. The van der Waals surface area contributed by atoms with E-state index in [1.54, 1.807) is 18.7 Å². The van der Waals surface area contributed by atoms with Crippen molar-refractivity contribution in [3.63, 3.8) is 0 Å². The molecule has 0 saturated carbocycles. The zero-order valence-corrected chi connectivity index (χ0v) is 18.7. The Kier molecular flexibility index (Phi) is 7.37. The van der Waals surface area contributed by atoms with E-state index < -0.39 is 17.7 Å². The second-order valence-electron chi connectivity index (χ2n) is 7.36. The van der Waals surface area contributed by atoms with Gasteiger partial charge in [0.25, 0.3) is 0 Å². The van der Waals surface area contributed by atoms with Gasteiger partial charge >= 0.3 is 5.97 Å². The highest BCUT2D eigenvalue weighted by molar-refractivity contribution is 7.17. The van der Waals surface area contributed by atoms with Gasteiger partial charge in [-0.2, -0.15) is 0 Å². The Labute approximate surface area is 184 Å². The van der Waals surface area contributed by atoms with Crippen molar-refractivity contribution in [3.05, 3.63) is 40.2 Å². The number of ether oxygens (including phenoxy) is 1. The predicted molar refractivity (Wildman–Crippen MR) is 117 cm³/mol. The SMILES string of the molecule is CCCCCN(C(=O)C1CC(=O)Nc2cc(F)ccc21)c1nc(C)c(C(=O)OCC)s1. The number of benzene rings is 1. The molecule has 1 aliphatic heterocycles. The highest BCUT2D eigenvalue weighted by atomic mass is 32.1. The molecular weight excluding hydrogens is 421 g/mol. The predicted octanol–water partition coefficient (Wildman–Crippen LogP) is 4.42. The second kappa shape index (κ2) is 10.00. The van der Waals surface area contributed by atoms with Crippen LogP contribution in [0.1, 0.15) is 66.4 Å². The number of thiazole rings is 1. The normalized spacial score (nSPS) is 15.2. The van der Waals surface area contributed by atoms with Crippen molar-refractivity contribution in [2.45, 2.75) is 52.4 Å². The van der Waals surface area contributed by atoms with Gasteiger partial charge in [-0.15, -0.1) is 0 Å². The largest absolute Gasteiger partial charge is 0.462 e. The van der Waals surface area contributed by atoms with Crippen LogP contribution in [0.3, 0.4) is 0 Å². The molecule has 0 bridgehead atoms. The summed E-state index contributed by atoms with van der Waals surface area (Å²) in [6.45, 7) is 6.15. The Bertz CT molecular complexity index is 991. The number of amides is 2. The van der Waals surface area contributed by atoms with Gasteiger partial charge in [-0.1, -0.05) is 37.2 Å². The first-order chi connectivity index (χ1) is 14.8. The first kappa shape index (κ1) is 22.9. The topological polar surface area (TPSA) is 88.6 Å². The van der Waals surface area contributed by atoms with Crippen molar-refractivity contribution < 1.29 is 23.5 Å². The first-order valence-corrected chi connectivity index (χ1v) is 11.2. The van der Waals surface area contributed by atoms with Gasteiger partial charge < -0.3 is 10.1 Å². The summed E-state index contributed by atoms with van der Waals surface area (Å²) in [6.07, 6.45) is 2.62. The van der Waals surface area contributed by atoms with Gasteiger partial charge in [-0.25, -0.2) is 14.2 Å². The molecule has 2 heterocycles. The quantitative estimate of drug-likeness (QED) is 0.478. The summed E-state index contributed by atoms with van der Waals surface area (Å²) in [4.78, 5) is 44.4. The maximum Gasteiger partial charge on any atom is 0.350 e. The standard InChI is InChI=1S/C22H26FN3O4S/c1-4-6-7-10-26(22-24-13(3)19(31-22)21(29)30-5-2)20(28)16-12-18(27)25-17-11-14(23)8-9-15(16)17/h8-9,11,16H,4-7,10,12H2,1-3H3,(H,25,27). The van der Waals surface area contributed by atoms with E-state index in [1.165, 1.54) is 18.2 Å². The smallest absolute Gasteiger partial charge is 0.350 e. The van der Waals surface area contributed by atoms with Crippen LogP contribution < -0.4 is 10.2 Å². The number of nitrogens with zero attached hydrogens (tertiary/aromatic N) is 2. The van der Waals surface area contributed by atoms with E-state index in [0.29, 0.717) is 33.5 Å². The average Bonchev–Trinajstić information content (AvgIpc) is 3.11. The minimum absolute atomic E-state index is 0.0309.